The molecule has 2 aromatic carbocycles. The van der Waals surface area contributed by atoms with Crippen LogP contribution >= 0.6 is 0 Å². The molecule has 0 aliphatic heterocycles. The highest BCUT2D eigenvalue weighted by Gasteiger charge is 2.16. The number of tetrazole rings is 1. The quantitative estimate of drug-likeness (QED) is 0.605. The number of aromatic nitrogens is 6. The van der Waals surface area contributed by atoms with Gasteiger partial charge in [-0.05, 0) is 22.6 Å². The van der Waals surface area contributed by atoms with E-state index in [1.54, 1.807) is 12.1 Å². The number of aromatic amines is 1. The van der Waals surface area contributed by atoms with Crippen LogP contribution in [0.5, 0.6) is 0 Å². The molecule has 4 aromatic rings. The molecule has 2 aromatic heterocycles. The lowest BCUT2D eigenvalue weighted by Crippen LogP contribution is -2.23. The highest BCUT2D eigenvalue weighted by atomic mass is 16.1. The molecule has 4 rings (SSSR count). The van der Waals surface area contributed by atoms with Gasteiger partial charge in [-0.1, -0.05) is 47.6 Å². The number of rotatable bonds is 2. The highest BCUT2D eigenvalue weighted by Crippen LogP contribution is 2.19. The predicted octanol–water partition coefficient (Wildman–Crippen LogP) is 1.57. The van der Waals surface area contributed by atoms with Gasteiger partial charge in [-0.25, -0.2) is 14.6 Å². The molecule has 2 heterocycles. The number of hydrogen-bond acceptors (Lipinski definition) is 5. The summed E-state index contributed by atoms with van der Waals surface area (Å²) in [5.74, 6) is 0.727. The Morgan fingerprint density at radius 1 is 0.955 bits per heavy atom. The van der Waals surface area contributed by atoms with Crippen molar-refractivity contribution in [3.8, 4) is 17.3 Å². The van der Waals surface area contributed by atoms with E-state index in [9.17, 15) is 4.79 Å². The van der Waals surface area contributed by atoms with Crippen LogP contribution in [0.3, 0.4) is 0 Å². The molecule has 0 fully saturated rings. The summed E-state index contributed by atoms with van der Waals surface area (Å²) >= 11 is 0. The Labute approximate surface area is 124 Å². The molecule has 0 saturated heterocycles. The number of para-hydroxylation sites is 1. The van der Waals surface area contributed by atoms with Crippen molar-refractivity contribution in [2.75, 3.05) is 0 Å². The van der Waals surface area contributed by atoms with Gasteiger partial charge in [0.2, 0.25) is 0 Å². The van der Waals surface area contributed by atoms with Gasteiger partial charge < -0.3 is 0 Å². The molecule has 1 N–H and O–H groups in total. The fourth-order valence-corrected chi connectivity index (χ4v) is 2.36. The number of benzene rings is 2. The van der Waals surface area contributed by atoms with Gasteiger partial charge in [0, 0.05) is 5.56 Å². The van der Waals surface area contributed by atoms with Crippen molar-refractivity contribution < 1.29 is 0 Å². The van der Waals surface area contributed by atoms with Crippen LogP contribution in [0.15, 0.2) is 59.4 Å². The summed E-state index contributed by atoms with van der Waals surface area (Å²) in [4.78, 5) is 17.4. The molecule has 0 amide bonds. The van der Waals surface area contributed by atoms with Crippen LogP contribution in [0.4, 0.5) is 0 Å². The number of H-pyrrole nitrogens is 1. The van der Waals surface area contributed by atoms with Gasteiger partial charge in [0.05, 0.1) is 10.9 Å². The van der Waals surface area contributed by atoms with E-state index in [0.29, 0.717) is 16.7 Å². The molecule has 0 aliphatic carbocycles. The molecule has 106 valence electrons. The molecule has 22 heavy (non-hydrogen) atoms. The second-order valence-electron chi connectivity index (χ2n) is 4.68. The van der Waals surface area contributed by atoms with Gasteiger partial charge in [-0.2, -0.15) is 0 Å². The van der Waals surface area contributed by atoms with Gasteiger partial charge in [-0.15, -0.1) is 0 Å². The van der Waals surface area contributed by atoms with Gasteiger partial charge >= 0.3 is 0 Å². The fourth-order valence-electron chi connectivity index (χ4n) is 2.36. The van der Waals surface area contributed by atoms with Crippen LogP contribution in [0.2, 0.25) is 0 Å². The van der Waals surface area contributed by atoms with Crippen molar-refractivity contribution in [1.29, 1.82) is 0 Å². The largest absolute Gasteiger partial charge is 0.268 e. The maximum atomic E-state index is 12.8. The Kier molecular flexibility index (Phi) is 2.75. The molecule has 0 radical (unpaired) electrons. The van der Waals surface area contributed by atoms with Crippen molar-refractivity contribution in [1.82, 2.24) is 30.2 Å². The molecule has 0 saturated carbocycles. The number of nitrogens with zero attached hydrogens (tertiary/aromatic N) is 5. The van der Waals surface area contributed by atoms with Crippen molar-refractivity contribution >= 4 is 10.9 Å². The maximum Gasteiger partial charge on any atom is 0.268 e. The molecular formula is C15H10N6O. The zero-order chi connectivity index (χ0) is 14.9. The minimum absolute atomic E-state index is 0.219. The molecule has 0 spiro atoms. The molecule has 0 bridgehead atoms. The summed E-state index contributed by atoms with van der Waals surface area (Å²) in [5.41, 5.74) is 1.22. The molecular weight excluding hydrogens is 280 g/mol. The fraction of sp³-hybridized carbons (Fsp3) is 0. The lowest BCUT2D eigenvalue weighted by molar-refractivity contribution is 0.881. The molecule has 0 atom stereocenters. The molecule has 0 aliphatic rings. The molecule has 7 nitrogen and oxygen atoms in total. The van der Waals surface area contributed by atoms with E-state index in [0.717, 1.165) is 5.56 Å². The van der Waals surface area contributed by atoms with Gasteiger partial charge in [0.15, 0.2) is 5.82 Å². The van der Waals surface area contributed by atoms with E-state index in [4.69, 9.17) is 0 Å². The van der Waals surface area contributed by atoms with Crippen LogP contribution < -0.4 is 5.56 Å². The second kappa shape index (κ2) is 4.88. The number of nitrogens with one attached hydrogen (secondary N) is 1. The average molecular weight is 290 g/mol. The number of fused-ring (bicyclic) bond motifs is 1. The third kappa shape index (κ3) is 1.87. The highest BCUT2D eigenvalue weighted by molar-refractivity contribution is 5.80. The third-order valence-corrected chi connectivity index (χ3v) is 3.35. The Hall–Kier alpha value is -3.35. The summed E-state index contributed by atoms with van der Waals surface area (Å²) in [7, 11) is 0. The Balaban J connectivity index is 2.14. The van der Waals surface area contributed by atoms with E-state index in [1.807, 2.05) is 42.5 Å². The summed E-state index contributed by atoms with van der Waals surface area (Å²) in [6.07, 6.45) is 0. The van der Waals surface area contributed by atoms with Crippen molar-refractivity contribution in [2.45, 2.75) is 0 Å². The predicted molar refractivity (Wildman–Crippen MR) is 80.5 cm³/mol. The minimum Gasteiger partial charge on any atom is -0.268 e. The first-order chi connectivity index (χ1) is 10.8. The van der Waals surface area contributed by atoms with E-state index in [2.05, 4.69) is 25.6 Å². The van der Waals surface area contributed by atoms with Crippen molar-refractivity contribution in [3.63, 3.8) is 0 Å². The first-order valence-electron chi connectivity index (χ1n) is 6.66. The third-order valence-electron chi connectivity index (χ3n) is 3.35. The van der Waals surface area contributed by atoms with Crippen molar-refractivity contribution in [3.05, 3.63) is 65.0 Å². The minimum atomic E-state index is -0.219. The zero-order valence-electron chi connectivity index (χ0n) is 11.3. The maximum absolute atomic E-state index is 12.8. The first kappa shape index (κ1) is 12.4. The van der Waals surface area contributed by atoms with E-state index >= 15 is 0 Å². The van der Waals surface area contributed by atoms with Gasteiger partial charge in [-0.3, -0.25) is 4.79 Å². The summed E-state index contributed by atoms with van der Waals surface area (Å²) < 4.78 is 1.39. The van der Waals surface area contributed by atoms with Crippen LogP contribution in [0.25, 0.3) is 28.2 Å². The van der Waals surface area contributed by atoms with Gasteiger partial charge in [0.25, 0.3) is 11.5 Å². The van der Waals surface area contributed by atoms with E-state index in [-0.39, 0.29) is 11.5 Å². The number of hydrogen-bond donors (Lipinski definition) is 1. The van der Waals surface area contributed by atoms with Crippen molar-refractivity contribution in [2.24, 2.45) is 0 Å². The SMILES string of the molecule is O=c1c2ccccc2nc(-c2ccccc2)n1-c1nnn[nH]1. The van der Waals surface area contributed by atoms with Crippen LogP contribution in [0, 0.1) is 0 Å². The molecule has 7 heteroatoms. The van der Waals surface area contributed by atoms with E-state index in [1.165, 1.54) is 4.57 Å². The standard InChI is InChI=1S/C15H10N6O/c22-14-11-8-4-5-9-12(11)16-13(10-6-2-1-3-7-10)21(14)15-17-19-20-18-15/h1-9H,(H,17,18,19,20). The molecule has 0 unspecified atom stereocenters. The lowest BCUT2D eigenvalue weighted by Gasteiger charge is -2.10. The monoisotopic (exact) mass is 290 g/mol. The second-order valence-corrected chi connectivity index (χ2v) is 4.68. The first-order valence-corrected chi connectivity index (χ1v) is 6.66. The topological polar surface area (TPSA) is 89.3 Å². The Bertz CT molecular complexity index is 992. The average Bonchev–Trinajstić information content (AvgIpc) is 3.10. The van der Waals surface area contributed by atoms with Crippen LogP contribution in [-0.2, 0) is 0 Å². The zero-order valence-corrected chi connectivity index (χ0v) is 11.3. The van der Waals surface area contributed by atoms with Crippen LogP contribution in [-0.4, -0.2) is 30.2 Å². The lowest BCUT2D eigenvalue weighted by atomic mass is 10.2. The summed E-state index contributed by atoms with van der Waals surface area (Å²) in [5, 5.41) is 14.1. The summed E-state index contributed by atoms with van der Waals surface area (Å²) in [6.45, 7) is 0. The van der Waals surface area contributed by atoms with E-state index < -0.39 is 0 Å². The Morgan fingerprint density at radius 3 is 2.50 bits per heavy atom. The van der Waals surface area contributed by atoms with Crippen LogP contribution in [0.1, 0.15) is 0 Å². The summed E-state index contributed by atoms with van der Waals surface area (Å²) in [6, 6.07) is 16.7. The van der Waals surface area contributed by atoms with Gasteiger partial charge in [0.1, 0.15) is 0 Å². The normalized spacial score (nSPS) is 10.9. The smallest absolute Gasteiger partial charge is 0.268 e. The Morgan fingerprint density at radius 2 is 1.73 bits per heavy atom.